The number of hydrogen-bond donors (Lipinski definition) is 2. The van der Waals surface area contributed by atoms with Gasteiger partial charge in [0.2, 0.25) is 10.3 Å². The molecule has 6 nitrogen and oxygen atoms in total. The van der Waals surface area contributed by atoms with Gasteiger partial charge in [0.15, 0.2) is 0 Å². The number of rotatable bonds is 5. The van der Waals surface area contributed by atoms with Crippen molar-refractivity contribution < 1.29 is 4.79 Å². The number of hydrogen-bond acceptors (Lipinski definition) is 5. The fraction of sp³-hybridized carbons (Fsp3) is 0.167. The molecule has 3 aromatic rings. The van der Waals surface area contributed by atoms with Crippen molar-refractivity contribution in [3.8, 4) is 0 Å². The second-order valence-electron chi connectivity index (χ2n) is 5.79. The van der Waals surface area contributed by atoms with E-state index in [9.17, 15) is 4.79 Å². The highest BCUT2D eigenvalue weighted by molar-refractivity contribution is 7.19. The van der Waals surface area contributed by atoms with Crippen molar-refractivity contribution in [3.05, 3.63) is 64.7 Å². The molecule has 0 saturated carbocycles. The third kappa shape index (κ3) is 4.71. The van der Waals surface area contributed by atoms with Crippen LogP contribution in [0.1, 0.15) is 11.1 Å². The molecule has 0 saturated heterocycles. The van der Waals surface area contributed by atoms with E-state index in [0.29, 0.717) is 22.4 Å². The second kappa shape index (κ2) is 8.16. The van der Waals surface area contributed by atoms with Gasteiger partial charge in [-0.05, 0) is 30.2 Å². The van der Waals surface area contributed by atoms with Crippen molar-refractivity contribution in [1.82, 2.24) is 10.2 Å². The van der Waals surface area contributed by atoms with Crippen LogP contribution < -0.4 is 15.5 Å². The van der Waals surface area contributed by atoms with Crippen molar-refractivity contribution in [2.45, 2.75) is 13.5 Å². The molecular weight excluding hydrogens is 370 g/mol. The molecule has 2 amide bonds. The van der Waals surface area contributed by atoms with Crippen molar-refractivity contribution >= 4 is 44.9 Å². The molecule has 0 radical (unpaired) electrons. The Kier molecular flexibility index (Phi) is 5.70. The molecule has 3 rings (SSSR count). The Balaban J connectivity index is 1.60. The summed E-state index contributed by atoms with van der Waals surface area (Å²) in [7, 11) is 1.93. The number of aromatic nitrogens is 2. The highest BCUT2D eigenvalue weighted by Gasteiger charge is 2.12. The maximum Gasteiger partial charge on any atom is 0.325 e. The Labute approximate surface area is 160 Å². The molecule has 2 N–H and O–H groups in total. The minimum absolute atomic E-state index is 0.413. The minimum Gasteiger partial charge on any atom is -0.345 e. The lowest BCUT2D eigenvalue weighted by molar-refractivity contribution is 0.262. The number of anilines is 3. The molecular formula is C18H18ClN5OS. The zero-order chi connectivity index (χ0) is 18.5. The van der Waals surface area contributed by atoms with Crippen LogP contribution in [0.3, 0.4) is 0 Å². The first-order valence-corrected chi connectivity index (χ1v) is 9.13. The van der Waals surface area contributed by atoms with Crippen molar-refractivity contribution in [2.24, 2.45) is 0 Å². The highest BCUT2D eigenvalue weighted by atomic mass is 35.5. The molecule has 26 heavy (non-hydrogen) atoms. The zero-order valence-electron chi connectivity index (χ0n) is 14.4. The molecule has 134 valence electrons. The zero-order valence-corrected chi connectivity index (χ0v) is 15.9. The fourth-order valence-corrected chi connectivity index (χ4v) is 3.30. The topological polar surface area (TPSA) is 70.1 Å². The Hall–Kier alpha value is -2.64. The molecule has 0 fully saturated rings. The first-order valence-electron chi connectivity index (χ1n) is 7.94. The van der Waals surface area contributed by atoms with Gasteiger partial charge in [-0.25, -0.2) is 4.79 Å². The SMILES string of the molecule is Cc1ccc(NC(=O)Nc2nnc(N(C)Cc3ccccc3)s2)c(Cl)c1. The first-order chi connectivity index (χ1) is 12.5. The third-order valence-electron chi connectivity index (χ3n) is 3.60. The van der Waals surface area contributed by atoms with Gasteiger partial charge in [-0.2, -0.15) is 0 Å². The van der Waals surface area contributed by atoms with Crippen LogP contribution in [0.5, 0.6) is 0 Å². The lowest BCUT2D eigenvalue weighted by Gasteiger charge is -2.14. The summed E-state index contributed by atoms with van der Waals surface area (Å²) >= 11 is 7.43. The summed E-state index contributed by atoms with van der Waals surface area (Å²) in [6.45, 7) is 2.64. The Morgan fingerprint density at radius 3 is 2.65 bits per heavy atom. The van der Waals surface area contributed by atoms with Gasteiger partial charge in [-0.1, -0.05) is 59.3 Å². The quantitative estimate of drug-likeness (QED) is 0.660. The number of nitrogens with zero attached hydrogens (tertiary/aromatic N) is 3. The number of carbonyl (C=O) groups is 1. The second-order valence-corrected chi connectivity index (χ2v) is 7.16. The van der Waals surface area contributed by atoms with E-state index in [0.717, 1.165) is 10.7 Å². The van der Waals surface area contributed by atoms with E-state index in [2.05, 4.69) is 33.0 Å². The summed E-state index contributed by atoms with van der Waals surface area (Å²) in [5.74, 6) is 0. The van der Waals surface area contributed by atoms with E-state index >= 15 is 0 Å². The van der Waals surface area contributed by atoms with Crippen LogP contribution in [0.25, 0.3) is 0 Å². The van der Waals surface area contributed by atoms with Crippen LogP contribution in [0.15, 0.2) is 48.5 Å². The average Bonchev–Trinajstić information content (AvgIpc) is 3.07. The molecule has 0 atom stereocenters. The van der Waals surface area contributed by atoms with Crippen LogP contribution in [0.2, 0.25) is 5.02 Å². The number of halogens is 1. The smallest absolute Gasteiger partial charge is 0.325 e. The fourth-order valence-electron chi connectivity index (χ4n) is 2.32. The van der Waals surface area contributed by atoms with E-state index in [1.54, 1.807) is 12.1 Å². The van der Waals surface area contributed by atoms with Crippen LogP contribution in [0.4, 0.5) is 20.7 Å². The molecule has 8 heteroatoms. The van der Waals surface area contributed by atoms with Crippen LogP contribution in [-0.4, -0.2) is 23.3 Å². The summed E-state index contributed by atoms with van der Waals surface area (Å²) in [6, 6.07) is 15.1. The highest BCUT2D eigenvalue weighted by Crippen LogP contribution is 2.26. The van der Waals surface area contributed by atoms with Crippen LogP contribution >= 0.6 is 22.9 Å². The van der Waals surface area contributed by atoms with E-state index in [1.165, 1.54) is 16.9 Å². The number of aryl methyl sites for hydroxylation is 1. The number of urea groups is 1. The van der Waals surface area contributed by atoms with Crippen molar-refractivity contribution in [1.29, 1.82) is 0 Å². The van der Waals surface area contributed by atoms with Gasteiger partial charge in [-0.15, -0.1) is 10.2 Å². The lowest BCUT2D eigenvalue weighted by atomic mass is 10.2. The number of carbonyl (C=O) groups excluding carboxylic acids is 1. The standard InChI is InChI=1S/C18H18ClN5OS/c1-12-8-9-15(14(19)10-12)20-16(25)21-17-22-23-18(26-17)24(2)11-13-6-4-3-5-7-13/h3-10H,11H2,1-2H3,(H2,20,21,22,25). The van der Waals surface area contributed by atoms with Gasteiger partial charge in [0, 0.05) is 13.6 Å². The molecule has 0 aliphatic carbocycles. The number of benzene rings is 2. The van der Waals surface area contributed by atoms with Gasteiger partial charge >= 0.3 is 6.03 Å². The molecule has 1 heterocycles. The van der Waals surface area contributed by atoms with E-state index in [4.69, 9.17) is 11.6 Å². The predicted octanol–water partition coefficient (Wildman–Crippen LogP) is 4.78. The van der Waals surface area contributed by atoms with Gasteiger partial charge < -0.3 is 10.2 Å². The monoisotopic (exact) mass is 387 g/mol. The van der Waals surface area contributed by atoms with Crippen LogP contribution in [-0.2, 0) is 6.54 Å². The largest absolute Gasteiger partial charge is 0.345 e. The lowest BCUT2D eigenvalue weighted by Crippen LogP contribution is -2.19. The van der Waals surface area contributed by atoms with Crippen molar-refractivity contribution in [2.75, 3.05) is 22.6 Å². The Bertz CT molecular complexity index is 900. The van der Waals surface area contributed by atoms with Gasteiger partial charge in [0.1, 0.15) is 0 Å². The molecule has 2 aromatic carbocycles. The van der Waals surface area contributed by atoms with E-state index in [1.807, 2.05) is 43.1 Å². The summed E-state index contributed by atoms with van der Waals surface area (Å²) in [5.41, 5.74) is 2.74. The Morgan fingerprint density at radius 2 is 1.92 bits per heavy atom. The summed E-state index contributed by atoms with van der Waals surface area (Å²) in [4.78, 5) is 14.1. The molecule has 0 aliphatic rings. The van der Waals surface area contributed by atoms with E-state index < -0.39 is 6.03 Å². The molecule has 0 unspecified atom stereocenters. The average molecular weight is 388 g/mol. The third-order valence-corrected chi connectivity index (χ3v) is 4.86. The maximum atomic E-state index is 12.1. The first kappa shape index (κ1) is 18.2. The summed E-state index contributed by atoms with van der Waals surface area (Å²) in [6.07, 6.45) is 0. The maximum absolute atomic E-state index is 12.1. The Morgan fingerprint density at radius 1 is 1.15 bits per heavy atom. The predicted molar refractivity (Wildman–Crippen MR) is 107 cm³/mol. The van der Waals surface area contributed by atoms with Crippen LogP contribution in [0, 0.1) is 6.92 Å². The molecule has 0 aliphatic heterocycles. The van der Waals surface area contributed by atoms with Gasteiger partial charge in [0.25, 0.3) is 0 Å². The number of nitrogens with one attached hydrogen (secondary N) is 2. The summed E-state index contributed by atoms with van der Waals surface area (Å²) in [5, 5.41) is 15.2. The van der Waals surface area contributed by atoms with Gasteiger partial charge in [-0.3, -0.25) is 5.32 Å². The molecule has 0 bridgehead atoms. The molecule has 1 aromatic heterocycles. The normalized spacial score (nSPS) is 10.4. The van der Waals surface area contributed by atoms with Gasteiger partial charge in [0.05, 0.1) is 10.7 Å². The number of amides is 2. The van der Waals surface area contributed by atoms with E-state index in [-0.39, 0.29) is 0 Å². The molecule has 0 spiro atoms. The summed E-state index contributed by atoms with van der Waals surface area (Å²) < 4.78 is 0. The van der Waals surface area contributed by atoms with Crippen molar-refractivity contribution in [3.63, 3.8) is 0 Å². The minimum atomic E-state index is -0.413.